The molecule has 1 fully saturated rings. The zero-order chi connectivity index (χ0) is 27.0. The maximum absolute atomic E-state index is 13.5. The van der Waals surface area contributed by atoms with Gasteiger partial charge in [0.25, 0.3) is 0 Å². The van der Waals surface area contributed by atoms with Crippen molar-refractivity contribution in [1.82, 2.24) is 9.80 Å². The average Bonchev–Trinajstić information content (AvgIpc) is 3.19. The molecule has 3 atom stereocenters. The molecule has 0 radical (unpaired) electrons. The first kappa shape index (κ1) is 28.5. The van der Waals surface area contributed by atoms with Crippen molar-refractivity contribution in [2.24, 2.45) is 5.92 Å². The highest BCUT2D eigenvalue weighted by Gasteiger charge is 2.47. The molecular weight excluding hydrogens is 464 g/mol. The second-order valence-electron chi connectivity index (χ2n) is 11.2. The number of rotatable bonds is 10. The summed E-state index contributed by atoms with van der Waals surface area (Å²) >= 11 is 0. The van der Waals surface area contributed by atoms with Gasteiger partial charge in [0.1, 0.15) is 18.2 Å². The number of hydrogen-bond acceptors (Lipinski definition) is 5. The lowest BCUT2D eigenvalue weighted by Gasteiger charge is -2.32. The number of amides is 1. The minimum atomic E-state index is -0.623. The van der Waals surface area contributed by atoms with Gasteiger partial charge in [0.15, 0.2) is 0 Å². The zero-order valence-electron chi connectivity index (χ0n) is 22.9. The van der Waals surface area contributed by atoms with Crippen LogP contribution in [0.2, 0.25) is 0 Å². The zero-order valence-corrected chi connectivity index (χ0v) is 22.9. The minimum absolute atomic E-state index is 0.0988. The molecule has 0 N–H and O–H groups in total. The van der Waals surface area contributed by atoms with Crippen LogP contribution in [-0.4, -0.2) is 52.3 Å². The summed E-state index contributed by atoms with van der Waals surface area (Å²) in [6, 6.07) is 19.1. The van der Waals surface area contributed by atoms with E-state index in [-0.39, 0.29) is 36.7 Å². The Hall–Kier alpha value is -3.12. The molecule has 0 aliphatic carbocycles. The van der Waals surface area contributed by atoms with Gasteiger partial charge >= 0.3 is 12.1 Å². The fraction of sp³-hybridized carbons (Fsp3) is 0.484. The van der Waals surface area contributed by atoms with Crippen LogP contribution in [0.3, 0.4) is 0 Å². The first-order valence-electron chi connectivity index (χ1n) is 13.2. The molecule has 1 aliphatic rings. The van der Waals surface area contributed by atoms with Crippen LogP contribution >= 0.6 is 0 Å². The van der Waals surface area contributed by atoms with Crippen LogP contribution in [0.25, 0.3) is 0 Å². The number of ether oxygens (including phenoxy) is 2. The Kier molecular flexibility index (Phi) is 9.93. The standard InChI is InChI=1S/C31H42N2O4/c1-7-14-26-27(20-24-15-10-8-11-16-24)33(30(35)37-31(4,5)6)22-32(26)28(19-23(2)3)29(34)36-21-25-17-12-9-13-18-25/h7-13,15-18,23,26-28H,1,14,19-22H2,2-6H3/t26-,27+,28+/m1/s1. The first-order chi connectivity index (χ1) is 17.6. The number of benzene rings is 2. The summed E-state index contributed by atoms with van der Waals surface area (Å²) in [4.78, 5) is 30.9. The van der Waals surface area contributed by atoms with Gasteiger partial charge in [-0.3, -0.25) is 14.6 Å². The van der Waals surface area contributed by atoms with Gasteiger partial charge in [-0.25, -0.2) is 4.79 Å². The van der Waals surface area contributed by atoms with Gasteiger partial charge < -0.3 is 9.47 Å². The lowest BCUT2D eigenvalue weighted by Crippen LogP contribution is -2.48. The van der Waals surface area contributed by atoms with E-state index in [1.807, 2.05) is 75.4 Å². The highest BCUT2D eigenvalue weighted by atomic mass is 16.6. The molecule has 1 aliphatic heterocycles. The van der Waals surface area contributed by atoms with Crippen LogP contribution < -0.4 is 0 Å². The summed E-state index contributed by atoms with van der Waals surface area (Å²) in [6.07, 6.45) is 3.42. The van der Waals surface area contributed by atoms with E-state index in [0.717, 1.165) is 11.1 Å². The van der Waals surface area contributed by atoms with Gasteiger partial charge in [0.2, 0.25) is 0 Å². The molecule has 2 aromatic carbocycles. The second-order valence-corrected chi connectivity index (χ2v) is 11.2. The van der Waals surface area contributed by atoms with Gasteiger partial charge in [-0.15, -0.1) is 6.58 Å². The molecule has 37 heavy (non-hydrogen) atoms. The van der Waals surface area contributed by atoms with Crippen molar-refractivity contribution in [2.45, 2.75) is 84.2 Å². The molecule has 1 heterocycles. The Labute approximate surface area is 222 Å². The van der Waals surface area contributed by atoms with E-state index in [9.17, 15) is 9.59 Å². The number of hydrogen-bond donors (Lipinski definition) is 0. The summed E-state index contributed by atoms with van der Waals surface area (Å²) in [5.41, 5.74) is 1.45. The third kappa shape index (κ3) is 8.19. The number of carbonyl (C=O) groups excluding carboxylic acids is 2. The molecule has 2 aromatic rings. The Bertz CT molecular complexity index is 1020. The molecule has 1 amide bonds. The van der Waals surface area contributed by atoms with E-state index in [0.29, 0.717) is 25.9 Å². The van der Waals surface area contributed by atoms with Crippen LogP contribution in [-0.2, 0) is 27.3 Å². The number of esters is 1. The van der Waals surface area contributed by atoms with Crippen molar-refractivity contribution >= 4 is 12.1 Å². The summed E-state index contributed by atoms with van der Waals surface area (Å²) < 4.78 is 11.6. The molecule has 200 valence electrons. The molecule has 0 unspecified atom stereocenters. The largest absolute Gasteiger partial charge is 0.460 e. The highest BCUT2D eigenvalue weighted by Crippen LogP contribution is 2.32. The maximum Gasteiger partial charge on any atom is 0.411 e. The Morgan fingerprint density at radius 3 is 2.14 bits per heavy atom. The molecule has 0 aromatic heterocycles. The van der Waals surface area contributed by atoms with Gasteiger partial charge in [-0.1, -0.05) is 80.6 Å². The van der Waals surface area contributed by atoms with E-state index < -0.39 is 11.6 Å². The van der Waals surface area contributed by atoms with Gasteiger partial charge in [-0.2, -0.15) is 0 Å². The number of nitrogens with zero attached hydrogens (tertiary/aromatic N) is 2. The Morgan fingerprint density at radius 2 is 1.59 bits per heavy atom. The van der Waals surface area contributed by atoms with E-state index in [4.69, 9.17) is 9.47 Å². The van der Waals surface area contributed by atoms with Crippen LogP contribution in [0.4, 0.5) is 4.79 Å². The van der Waals surface area contributed by atoms with Gasteiger partial charge in [0.05, 0.1) is 12.7 Å². The quantitative estimate of drug-likeness (QED) is 0.283. The monoisotopic (exact) mass is 506 g/mol. The van der Waals surface area contributed by atoms with Crippen LogP contribution in [0.5, 0.6) is 0 Å². The Balaban J connectivity index is 1.92. The van der Waals surface area contributed by atoms with Crippen LogP contribution in [0.1, 0.15) is 58.6 Å². The molecule has 0 spiro atoms. The Morgan fingerprint density at radius 1 is 1.00 bits per heavy atom. The first-order valence-corrected chi connectivity index (χ1v) is 13.2. The molecule has 3 rings (SSSR count). The summed E-state index contributed by atoms with van der Waals surface area (Å²) in [5, 5.41) is 0. The third-order valence-electron chi connectivity index (χ3n) is 6.50. The van der Waals surface area contributed by atoms with Crippen LogP contribution in [0, 0.1) is 5.92 Å². The van der Waals surface area contributed by atoms with Gasteiger partial charge in [0, 0.05) is 6.04 Å². The van der Waals surface area contributed by atoms with Crippen molar-refractivity contribution in [3.05, 3.63) is 84.4 Å². The normalized spacial score (nSPS) is 19.0. The van der Waals surface area contributed by atoms with E-state index >= 15 is 0 Å². The van der Waals surface area contributed by atoms with Crippen molar-refractivity contribution < 1.29 is 19.1 Å². The average molecular weight is 507 g/mol. The van der Waals surface area contributed by atoms with E-state index in [2.05, 4.69) is 37.5 Å². The van der Waals surface area contributed by atoms with Crippen molar-refractivity contribution in [1.29, 1.82) is 0 Å². The maximum atomic E-state index is 13.5. The van der Waals surface area contributed by atoms with Crippen LogP contribution in [0.15, 0.2) is 73.3 Å². The SMILES string of the molecule is C=CC[C@@H]1[C@H](Cc2ccccc2)N(C(=O)OC(C)(C)C)CN1[C@@H](CC(C)C)C(=O)OCc1ccccc1. The lowest BCUT2D eigenvalue weighted by atomic mass is 9.94. The predicted octanol–water partition coefficient (Wildman–Crippen LogP) is 6.21. The summed E-state index contributed by atoms with van der Waals surface area (Å²) in [7, 11) is 0. The molecule has 1 saturated heterocycles. The molecular formula is C31H42N2O4. The summed E-state index contributed by atoms with van der Waals surface area (Å²) in [6.45, 7) is 14.3. The van der Waals surface area contributed by atoms with E-state index in [1.54, 1.807) is 4.90 Å². The lowest BCUT2D eigenvalue weighted by molar-refractivity contribution is -0.152. The molecule has 0 saturated carbocycles. The van der Waals surface area contributed by atoms with Crippen molar-refractivity contribution in [3.63, 3.8) is 0 Å². The molecule has 6 nitrogen and oxygen atoms in total. The van der Waals surface area contributed by atoms with E-state index in [1.165, 1.54) is 0 Å². The fourth-order valence-corrected chi connectivity index (χ4v) is 4.86. The minimum Gasteiger partial charge on any atom is -0.460 e. The smallest absolute Gasteiger partial charge is 0.411 e. The third-order valence-corrected chi connectivity index (χ3v) is 6.50. The predicted molar refractivity (Wildman–Crippen MR) is 147 cm³/mol. The summed E-state index contributed by atoms with van der Waals surface area (Å²) in [5.74, 6) is -0.00192. The van der Waals surface area contributed by atoms with Gasteiger partial charge in [-0.05, 0) is 57.1 Å². The molecule has 0 bridgehead atoms. The van der Waals surface area contributed by atoms with Crippen molar-refractivity contribution in [3.8, 4) is 0 Å². The topological polar surface area (TPSA) is 59.1 Å². The highest BCUT2D eigenvalue weighted by molar-refractivity contribution is 5.76. The van der Waals surface area contributed by atoms with Crippen molar-refractivity contribution in [2.75, 3.05) is 6.67 Å². The number of carbonyl (C=O) groups is 2. The second kappa shape index (κ2) is 12.9. The fourth-order valence-electron chi connectivity index (χ4n) is 4.86. The molecule has 6 heteroatoms.